The van der Waals surface area contributed by atoms with E-state index in [9.17, 15) is 4.79 Å². The number of hydrogen-bond donors (Lipinski definition) is 1. The SMILES string of the molecule is CN1CCCCC1CCn1nccc1C(=O)O. The van der Waals surface area contributed by atoms with Gasteiger partial charge in [-0.2, -0.15) is 5.10 Å². The molecule has 1 aliphatic rings. The fourth-order valence-corrected chi connectivity index (χ4v) is 2.47. The van der Waals surface area contributed by atoms with Crippen molar-refractivity contribution in [2.24, 2.45) is 0 Å². The Labute approximate surface area is 101 Å². The Bertz CT molecular complexity index is 389. The van der Waals surface area contributed by atoms with E-state index in [0.29, 0.717) is 12.6 Å². The molecule has 94 valence electrons. The Morgan fingerprint density at radius 2 is 2.41 bits per heavy atom. The van der Waals surface area contributed by atoms with Gasteiger partial charge >= 0.3 is 5.97 Å². The lowest BCUT2D eigenvalue weighted by molar-refractivity contribution is 0.0681. The van der Waals surface area contributed by atoms with Gasteiger partial charge < -0.3 is 10.0 Å². The Morgan fingerprint density at radius 3 is 3.12 bits per heavy atom. The maximum atomic E-state index is 10.9. The van der Waals surface area contributed by atoms with Gasteiger partial charge in [0.25, 0.3) is 0 Å². The molecule has 1 aromatic heterocycles. The smallest absolute Gasteiger partial charge is 0.354 e. The van der Waals surface area contributed by atoms with Crippen LogP contribution in [0.1, 0.15) is 36.2 Å². The second kappa shape index (κ2) is 5.31. The molecule has 0 aromatic carbocycles. The quantitative estimate of drug-likeness (QED) is 0.861. The number of carboxylic acid groups (broad SMARTS) is 1. The van der Waals surface area contributed by atoms with E-state index in [2.05, 4.69) is 17.0 Å². The zero-order chi connectivity index (χ0) is 12.3. The number of aromatic nitrogens is 2. The topological polar surface area (TPSA) is 58.4 Å². The molecule has 5 heteroatoms. The summed E-state index contributed by atoms with van der Waals surface area (Å²) in [6.07, 6.45) is 6.28. The number of rotatable bonds is 4. The molecule has 0 spiro atoms. The number of aryl methyl sites for hydroxylation is 1. The molecule has 1 N–H and O–H groups in total. The van der Waals surface area contributed by atoms with Crippen molar-refractivity contribution in [2.45, 2.75) is 38.3 Å². The Kier molecular flexibility index (Phi) is 3.78. The monoisotopic (exact) mass is 237 g/mol. The van der Waals surface area contributed by atoms with E-state index in [0.717, 1.165) is 13.0 Å². The molecule has 1 aliphatic heterocycles. The number of carboxylic acids is 1. The lowest BCUT2D eigenvalue weighted by Crippen LogP contribution is -2.37. The summed E-state index contributed by atoms with van der Waals surface area (Å²) in [7, 11) is 2.14. The Morgan fingerprint density at radius 1 is 1.59 bits per heavy atom. The van der Waals surface area contributed by atoms with Crippen LogP contribution in [-0.2, 0) is 6.54 Å². The highest BCUT2D eigenvalue weighted by Gasteiger charge is 2.19. The standard InChI is InChI=1S/C12H19N3O2/c1-14-8-3-2-4-10(14)6-9-15-11(12(16)17)5-7-13-15/h5,7,10H,2-4,6,8-9H2,1H3,(H,16,17). The number of hydrogen-bond acceptors (Lipinski definition) is 3. The van der Waals surface area contributed by atoms with Gasteiger partial charge in [0.2, 0.25) is 0 Å². The fraction of sp³-hybridized carbons (Fsp3) is 0.667. The summed E-state index contributed by atoms with van der Waals surface area (Å²) in [6.45, 7) is 1.83. The zero-order valence-corrected chi connectivity index (χ0v) is 10.2. The predicted octanol–water partition coefficient (Wildman–Crippen LogP) is 1.46. The molecule has 1 aromatic rings. The van der Waals surface area contributed by atoms with Gasteiger partial charge in [0.1, 0.15) is 5.69 Å². The van der Waals surface area contributed by atoms with Crippen LogP contribution in [0.3, 0.4) is 0 Å². The number of carbonyl (C=O) groups is 1. The van der Waals surface area contributed by atoms with Gasteiger partial charge in [-0.3, -0.25) is 4.68 Å². The van der Waals surface area contributed by atoms with Crippen molar-refractivity contribution in [1.82, 2.24) is 14.7 Å². The van der Waals surface area contributed by atoms with E-state index in [1.165, 1.54) is 19.3 Å². The molecular formula is C12H19N3O2. The average Bonchev–Trinajstić information content (AvgIpc) is 2.76. The highest BCUT2D eigenvalue weighted by Crippen LogP contribution is 2.18. The summed E-state index contributed by atoms with van der Waals surface area (Å²) >= 11 is 0. The molecular weight excluding hydrogens is 218 g/mol. The van der Waals surface area contributed by atoms with E-state index in [1.807, 2.05) is 0 Å². The third-order valence-corrected chi connectivity index (χ3v) is 3.53. The first-order chi connectivity index (χ1) is 8.18. The maximum Gasteiger partial charge on any atom is 0.354 e. The summed E-state index contributed by atoms with van der Waals surface area (Å²) < 4.78 is 1.59. The van der Waals surface area contributed by atoms with Crippen molar-refractivity contribution >= 4 is 5.97 Å². The van der Waals surface area contributed by atoms with E-state index in [4.69, 9.17) is 5.11 Å². The number of piperidine rings is 1. The lowest BCUT2D eigenvalue weighted by atomic mass is 10.0. The highest BCUT2D eigenvalue weighted by molar-refractivity contribution is 5.85. The van der Waals surface area contributed by atoms with Gasteiger partial charge in [0, 0.05) is 18.8 Å². The number of nitrogens with zero attached hydrogens (tertiary/aromatic N) is 3. The first kappa shape index (κ1) is 12.1. The van der Waals surface area contributed by atoms with Crippen LogP contribution in [-0.4, -0.2) is 45.4 Å². The molecule has 1 unspecified atom stereocenters. The van der Waals surface area contributed by atoms with Crippen LogP contribution in [0.2, 0.25) is 0 Å². The van der Waals surface area contributed by atoms with Gasteiger partial charge in [-0.05, 0) is 38.9 Å². The molecule has 0 amide bonds. The first-order valence-electron chi connectivity index (χ1n) is 6.14. The van der Waals surface area contributed by atoms with Crippen LogP contribution in [0.25, 0.3) is 0 Å². The van der Waals surface area contributed by atoms with Crippen LogP contribution < -0.4 is 0 Å². The summed E-state index contributed by atoms with van der Waals surface area (Å²) in [5, 5.41) is 13.0. The third kappa shape index (κ3) is 2.85. The van der Waals surface area contributed by atoms with Crippen molar-refractivity contribution in [3.63, 3.8) is 0 Å². The molecule has 0 bridgehead atoms. The predicted molar refractivity (Wildman–Crippen MR) is 64.1 cm³/mol. The van der Waals surface area contributed by atoms with Crippen molar-refractivity contribution < 1.29 is 9.90 Å². The van der Waals surface area contributed by atoms with E-state index < -0.39 is 5.97 Å². The Balaban J connectivity index is 1.92. The number of likely N-dealkylation sites (tertiary alicyclic amines) is 1. The molecule has 17 heavy (non-hydrogen) atoms. The van der Waals surface area contributed by atoms with Crippen LogP contribution in [0.5, 0.6) is 0 Å². The highest BCUT2D eigenvalue weighted by atomic mass is 16.4. The summed E-state index contributed by atoms with van der Waals surface area (Å²) in [4.78, 5) is 13.3. The largest absolute Gasteiger partial charge is 0.477 e. The minimum absolute atomic E-state index is 0.281. The molecule has 1 saturated heterocycles. The van der Waals surface area contributed by atoms with Crippen molar-refractivity contribution in [1.29, 1.82) is 0 Å². The molecule has 2 heterocycles. The van der Waals surface area contributed by atoms with E-state index in [1.54, 1.807) is 16.9 Å². The third-order valence-electron chi connectivity index (χ3n) is 3.53. The lowest BCUT2D eigenvalue weighted by Gasteiger charge is -2.32. The van der Waals surface area contributed by atoms with E-state index in [-0.39, 0.29) is 5.69 Å². The maximum absolute atomic E-state index is 10.9. The Hall–Kier alpha value is -1.36. The van der Waals surface area contributed by atoms with E-state index >= 15 is 0 Å². The first-order valence-corrected chi connectivity index (χ1v) is 6.14. The molecule has 1 atom stereocenters. The van der Waals surface area contributed by atoms with Crippen molar-refractivity contribution in [2.75, 3.05) is 13.6 Å². The number of aromatic carboxylic acids is 1. The molecule has 5 nitrogen and oxygen atoms in total. The molecule has 2 rings (SSSR count). The van der Waals surface area contributed by atoms with Crippen molar-refractivity contribution in [3.8, 4) is 0 Å². The molecule has 0 saturated carbocycles. The van der Waals surface area contributed by atoms with Crippen LogP contribution in [0.4, 0.5) is 0 Å². The zero-order valence-electron chi connectivity index (χ0n) is 10.2. The summed E-state index contributed by atoms with van der Waals surface area (Å²) in [5.74, 6) is -0.903. The van der Waals surface area contributed by atoms with Crippen LogP contribution in [0, 0.1) is 0 Å². The molecule has 0 radical (unpaired) electrons. The van der Waals surface area contributed by atoms with Gasteiger partial charge in [-0.15, -0.1) is 0 Å². The van der Waals surface area contributed by atoms with Gasteiger partial charge in [0.15, 0.2) is 0 Å². The average molecular weight is 237 g/mol. The van der Waals surface area contributed by atoms with Crippen LogP contribution in [0.15, 0.2) is 12.3 Å². The minimum Gasteiger partial charge on any atom is -0.477 e. The second-order valence-corrected chi connectivity index (χ2v) is 4.66. The van der Waals surface area contributed by atoms with Gasteiger partial charge in [0.05, 0.1) is 0 Å². The fourth-order valence-electron chi connectivity index (χ4n) is 2.47. The van der Waals surface area contributed by atoms with Crippen LogP contribution >= 0.6 is 0 Å². The minimum atomic E-state index is -0.903. The van der Waals surface area contributed by atoms with Crippen molar-refractivity contribution in [3.05, 3.63) is 18.0 Å². The second-order valence-electron chi connectivity index (χ2n) is 4.66. The summed E-state index contributed by atoms with van der Waals surface area (Å²) in [5.41, 5.74) is 0.281. The summed E-state index contributed by atoms with van der Waals surface area (Å²) in [6, 6.07) is 2.11. The molecule has 0 aliphatic carbocycles. The van der Waals surface area contributed by atoms with Gasteiger partial charge in [-0.1, -0.05) is 6.42 Å². The van der Waals surface area contributed by atoms with Gasteiger partial charge in [-0.25, -0.2) is 4.79 Å². The molecule has 1 fully saturated rings. The normalized spacial score (nSPS) is 21.6.